The van der Waals surface area contributed by atoms with Crippen molar-refractivity contribution in [1.29, 1.82) is 0 Å². The summed E-state index contributed by atoms with van der Waals surface area (Å²) in [4.78, 5) is 12.2. The van der Waals surface area contributed by atoms with Crippen LogP contribution in [0.15, 0.2) is 47.1 Å². The fraction of sp³-hybridized carbons (Fsp3) is 0.450. The highest BCUT2D eigenvalue weighted by molar-refractivity contribution is 5.84. The lowest BCUT2D eigenvalue weighted by molar-refractivity contribution is -0.122. The molecule has 1 saturated carbocycles. The molecule has 1 aliphatic rings. The average Bonchev–Trinajstić information content (AvgIpc) is 3.22. The molecule has 2 N–H and O–H groups in total. The van der Waals surface area contributed by atoms with Crippen LogP contribution < -0.4 is 4.74 Å². The Labute approximate surface area is 152 Å². The molecule has 0 spiro atoms. The van der Waals surface area contributed by atoms with Gasteiger partial charge in [-0.15, -0.1) is 0 Å². The number of carbonyl (C=O) groups excluding carboxylic acids is 1. The van der Waals surface area contributed by atoms with E-state index in [0.29, 0.717) is 18.1 Å². The number of hydrogen-bond acceptors (Lipinski definition) is 6. The number of Topliss-reactive ketones (excluding diaryl/α,β-unsaturated/α-hetero) is 1. The molecular weight excluding hydrogens is 336 g/mol. The van der Waals surface area contributed by atoms with E-state index in [1.807, 2.05) is 12.1 Å². The topological polar surface area (TPSA) is 89.1 Å². The van der Waals surface area contributed by atoms with E-state index in [0.717, 1.165) is 5.56 Å². The summed E-state index contributed by atoms with van der Waals surface area (Å²) in [6.45, 7) is 2.42. The largest absolute Gasteiger partial charge is 0.493 e. The van der Waals surface area contributed by atoms with Gasteiger partial charge in [0.15, 0.2) is 0 Å². The summed E-state index contributed by atoms with van der Waals surface area (Å²) in [5.74, 6) is 0.546. The van der Waals surface area contributed by atoms with E-state index in [-0.39, 0.29) is 31.3 Å². The van der Waals surface area contributed by atoms with Crippen molar-refractivity contribution in [1.82, 2.24) is 0 Å². The van der Waals surface area contributed by atoms with Crippen LogP contribution in [0, 0.1) is 11.8 Å². The van der Waals surface area contributed by atoms with Gasteiger partial charge in [-0.2, -0.15) is 0 Å². The van der Waals surface area contributed by atoms with Gasteiger partial charge in [0.1, 0.15) is 23.9 Å². The van der Waals surface area contributed by atoms with Crippen molar-refractivity contribution in [3.8, 4) is 5.75 Å². The molecule has 0 aliphatic heterocycles. The Kier molecular flexibility index (Phi) is 6.08. The Hall–Kier alpha value is -2.15. The molecule has 2 aromatic rings. The lowest BCUT2D eigenvalue weighted by Gasteiger charge is -2.21. The van der Waals surface area contributed by atoms with Crippen molar-refractivity contribution in [3.63, 3.8) is 0 Å². The van der Waals surface area contributed by atoms with E-state index < -0.39 is 18.1 Å². The van der Waals surface area contributed by atoms with Crippen molar-refractivity contribution in [2.24, 2.45) is 11.8 Å². The Morgan fingerprint density at radius 1 is 1.27 bits per heavy atom. The smallest absolute Gasteiger partial charge is 0.142 e. The van der Waals surface area contributed by atoms with Crippen molar-refractivity contribution >= 4 is 5.78 Å². The summed E-state index contributed by atoms with van der Waals surface area (Å²) in [6.07, 6.45) is 0.383. The molecule has 1 fully saturated rings. The van der Waals surface area contributed by atoms with Crippen LogP contribution in [0.25, 0.3) is 0 Å². The number of aliphatic hydroxyl groups excluding tert-OH is 2. The van der Waals surface area contributed by atoms with Crippen LogP contribution in [0.5, 0.6) is 5.75 Å². The van der Waals surface area contributed by atoms with Crippen LogP contribution in [0.2, 0.25) is 0 Å². The summed E-state index contributed by atoms with van der Waals surface area (Å²) >= 11 is 0. The fourth-order valence-corrected chi connectivity index (χ4v) is 3.20. The minimum atomic E-state index is -0.725. The van der Waals surface area contributed by atoms with Gasteiger partial charge in [0, 0.05) is 12.3 Å². The van der Waals surface area contributed by atoms with Gasteiger partial charge in [-0.05, 0) is 36.8 Å². The number of carbonyl (C=O) groups is 1. The van der Waals surface area contributed by atoms with E-state index in [9.17, 15) is 15.0 Å². The molecule has 1 aromatic carbocycles. The van der Waals surface area contributed by atoms with Crippen molar-refractivity contribution in [3.05, 3.63) is 54.0 Å². The number of hydrogen-bond donors (Lipinski definition) is 2. The summed E-state index contributed by atoms with van der Waals surface area (Å²) in [5, 5.41) is 19.8. The van der Waals surface area contributed by atoms with Crippen molar-refractivity contribution < 1.29 is 28.9 Å². The molecule has 6 nitrogen and oxygen atoms in total. The number of benzene rings is 1. The standard InChI is InChI=1S/C20H24O6/c1-13(21)14-4-2-5-15(8-14)26-12-18-17(19(22)9-20(18)23)11-24-10-16-6-3-7-25-16/h2-8,13,17-19,21-22H,9-12H2,1H3/t13?,17-,18-,19?/m1/s1. The Morgan fingerprint density at radius 2 is 2.12 bits per heavy atom. The fourth-order valence-electron chi connectivity index (χ4n) is 3.20. The Balaban J connectivity index is 1.57. The highest BCUT2D eigenvalue weighted by atomic mass is 16.5. The molecule has 140 valence electrons. The summed E-state index contributed by atoms with van der Waals surface area (Å²) in [7, 11) is 0. The molecule has 0 radical (unpaired) electrons. The quantitative estimate of drug-likeness (QED) is 0.752. The molecule has 3 rings (SSSR count). The predicted molar refractivity (Wildman–Crippen MR) is 93.5 cm³/mol. The third-order valence-corrected chi connectivity index (χ3v) is 4.74. The van der Waals surface area contributed by atoms with E-state index in [2.05, 4.69) is 0 Å². The van der Waals surface area contributed by atoms with Gasteiger partial charge in [0.05, 0.1) is 37.6 Å². The van der Waals surface area contributed by atoms with Crippen molar-refractivity contribution in [2.45, 2.75) is 32.2 Å². The summed E-state index contributed by atoms with van der Waals surface area (Å²) in [6, 6.07) is 10.7. The maximum Gasteiger partial charge on any atom is 0.142 e. The number of aliphatic hydroxyl groups is 2. The molecule has 0 saturated heterocycles. The lowest BCUT2D eigenvalue weighted by Crippen LogP contribution is -2.29. The van der Waals surface area contributed by atoms with Crippen molar-refractivity contribution in [2.75, 3.05) is 13.2 Å². The third-order valence-electron chi connectivity index (χ3n) is 4.74. The third kappa shape index (κ3) is 4.52. The molecule has 6 heteroatoms. The van der Waals surface area contributed by atoms with Gasteiger partial charge < -0.3 is 24.1 Å². The summed E-state index contributed by atoms with van der Waals surface area (Å²) < 4.78 is 16.6. The maximum atomic E-state index is 12.2. The van der Waals surface area contributed by atoms with Crippen LogP contribution >= 0.6 is 0 Å². The van der Waals surface area contributed by atoms with Gasteiger partial charge in [0.25, 0.3) is 0 Å². The first kappa shape index (κ1) is 18.6. The Morgan fingerprint density at radius 3 is 2.85 bits per heavy atom. The second kappa shape index (κ2) is 8.49. The summed E-state index contributed by atoms with van der Waals surface area (Å²) in [5.41, 5.74) is 0.749. The maximum absolute atomic E-state index is 12.2. The molecule has 2 unspecified atom stereocenters. The van der Waals surface area contributed by atoms with E-state index in [1.165, 1.54) is 0 Å². The molecule has 0 bridgehead atoms. The van der Waals surface area contributed by atoms with E-state index in [1.54, 1.807) is 37.5 Å². The van der Waals surface area contributed by atoms with Crippen LogP contribution in [-0.2, 0) is 16.1 Å². The second-order valence-electron chi connectivity index (χ2n) is 6.66. The Bertz CT molecular complexity index is 709. The first-order valence-electron chi connectivity index (χ1n) is 8.76. The number of furan rings is 1. The first-order valence-corrected chi connectivity index (χ1v) is 8.76. The average molecular weight is 360 g/mol. The number of ketones is 1. The molecule has 0 amide bonds. The zero-order chi connectivity index (χ0) is 18.5. The zero-order valence-electron chi connectivity index (χ0n) is 14.7. The molecule has 1 heterocycles. The minimum absolute atomic E-state index is 0.0178. The molecule has 4 atom stereocenters. The minimum Gasteiger partial charge on any atom is -0.493 e. The highest BCUT2D eigenvalue weighted by Crippen LogP contribution is 2.31. The molecular formula is C20H24O6. The van der Waals surface area contributed by atoms with Gasteiger partial charge in [-0.3, -0.25) is 4.79 Å². The zero-order valence-corrected chi connectivity index (χ0v) is 14.7. The highest BCUT2D eigenvalue weighted by Gasteiger charge is 2.42. The first-order chi connectivity index (χ1) is 12.5. The molecule has 1 aromatic heterocycles. The van der Waals surface area contributed by atoms with E-state index in [4.69, 9.17) is 13.9 Å². The number of ether oxygens (including phenoxy) is 2. The molecule has 26 heavy (non-hydrogen) atoms. The second-order valence-corrected chi connectivity index (χ2v) is 6.66. The van der Waals surface area contributed by atoms with Crippen LogP contribution in [0.4, 0.5) is 0 Å². The normalized spacial score (nSPS) is 24.0. The lowest BCUT2D eigenvalue weighted by atomic mass is 9.96. The van der Waals surface area contributed by atoms with Crippen LogP contribution in [0.1, 0.15) is 30.8 Å². The van der Waals surface area contributed by atoms with Crippen LogP contribution in [-0.4, -0.2) is 35.3 Å². The van der Waals surface area contributed by atoms with Gasteiger partial charge in [-0.1, -0.05) is 12.1 Å². The monoisotopic (exact) mass is 360 g/mol. The van der Waals surface area contributed by atoms with Crippen LogP contribution in [0.3, 0.4) is 0 Å². The predicted octanol–water partition coefficient (Wildman–Crippen LogP) is 2.49. The van der Waals surface area contributed by atoms with Gasteiger partial charge >= 0.3 is 0 Å². The SMILES string of the molecule is CC(O)c1cccc(OC[C@H]2C(=O)CC(O)[C@@H]2COCc2ccco2)c1. The number of rotatable bonds is 8. The van der Waals surface area contributed by atoms with Gasteiger partial charge in [0.2, 0.25) is 0 Å². The van der Waals surface area contributed by atoms with E-state index >= 15 is 0 Å². The van der Waals surface area contributed by atoms with Gasteiger partial charge in [-0.25, -0.2) is 0 Å². The molecule has 1 aliphatic carbocycles.